The molecule has 0 aliphatic rings. The lowest BCUT2D eigenvalue weighted by molar-refractivity contribution is 0.0512. The van der Waals surface area contributed by atoms with Crippen molar-refractivity contribution in [2.45, 2.75) is 34.2 Å². The highest BCUT2D eigenvalue weighted by molar-refractivity contribution is 6.05. The Balaban J connectivity index is 2.31. The minimum Gasteiger partial charge on any atom is -0.461 e. The number of esters is 1. The number of ketones is 1. The summed E-state index contributed by atoms with van der Waals surface area (Å²) >= 11 is 0. The van der Waals surface area contributed by atoms with Crippen molar-refractivity contribution >= 4 is 17.7 Å². The number of rotatable bonds is 7. The third kappa shape index (κ3) is 3.56. The third-order valence-electron chi connectivity index (χ3n) is 4.29. The molecular formula is C19H24N2O5. The third-order valence-corrected chi connectivity index (χ3v) is 4.29. The molecule has 0 saturated heterocycles. The second kappa shape index (κ2) is 8.03. The summed E-state index contributed by atoms with van der Waals surface area (Å²) in [6.07, 6.45) is 1.41. The fraction of sp³-hybridized carbons (Fsp3) is 0.421. The van der Waals surface area contributed by atoms with Crippen molar-refractivity contribution in [2.24, 2.45) is 0 Å². The van der Waals surface area contributed by atoms with Crippen molar-refractivity contribution in [1.29, 1.82) is 0 Å². The van der Waals surface area contributed by atoms with E-state index in [0.29, 0.717) is 29.1 Å². The van der Waals surface area contributed by atoms with Crippen LogP contribution in [-0.2, 0) is 11.3 Å². The average Bonchev–Trinajstić information content (AvgIpc) is 3.20. The summed E-state index contributed by atoms with van der Waals surface area (Å²) in [5.41, 5.74) is 2.10. The fourth-order valence-corrected chi connectivity index (χ4v) is 3.12. The maximum atomic E-state index is 12.8. The van der Waals surface area contributed by atoms with E-state index in [1.807, 2.05) is 6.92 Å². The molecule has 0 aliphatic heterocycles. The lowest BCUT2D eigenvalue weighted by Crippen LogP contribution is -2.32. The van der Waals surface area contributed by atoms with Crippen molar-refractivity contribution in [3.63, 3.8) is 0 Å². The molecule has 0 radical (unpaired) electrons. The first-order valence-electron chi connectivity index (χ1n) is 8.52. The Bertz CT molecular complexity index is 818. The Labute approximate surface area is 152 Å². The van der Waals surface area contributed by atoms with Crippen LogP contribution in [0.2, 0.25) is 0 Å². The molecule has 0 bridgehead atoms. The number of likely N-dealkylation sites (N-methyl/N-ethyl adjacent to an activating group) is 1. The largest absolute Gasteiger partial charge is 0.461 e. The highest BCUT2D eigenvalue weighted by Crippen LogP contribution is 2.24. The smallest absolute Gasteiger partial charge is 0.355 e. The lowest BCUT2D eigenvalue weighted by Gasteiger charge is -2.15. The van der Waals surface area contributed by atoms with Crippen LogP contribution in [0.1, 0.15) is 56.5 Å². The molecule has 0 saturated carbocycles. The number of furan rings is 1. The molecule has 2 heterocycles. The molecule has 0 atom stereocenters. The second-order valence-corrected chi connectivity index (χ2v) is 5.96. The number of carbonyl (C=O) groups is 3. The average molecular weight is 360 g/mol. The van der Waals surface area contributed by atoms with Crippen LogP contribution in [0, 0.1) is 13.8 Å². The van der Waals surface area contributed by atoms with E-state index < -0.39 is 5.97 Å². The van der Waals surface area contributed by atoms with Crippen LogP contribution in [0.25, 0.3) is 0 Å². The monoisotopic (exact) mass is 360 g/mol. The molecule has 7 heteroatoms. The zero-order valence-electron chi connectivity index (χ0n) is 15.8. The van der Waals surface area contributed by atoms with E-state index in [0.717, 1.165) is 0 Å². The Morgan fingerprint density at radius 1 is 1.23 bits per heavy atom. The Morgan fingerprint density at radius 3 is 2.46 bits per heavy atom. The van der Waals surface area contributed by atoms with Crippen LogP contribution in [0.3, 0.4) is 0 Å². The van der Waals surface area contributed by atoms with Crippen LogP contribution >= 0.6 is 0 Å². The standard InChI is InChI=1S/C19H24N2O5/c1-6-21-13(4)16(12(3)17(21)19(24)25-7-2)14(22)11-20(5)18(23)15-9-8-10-26-15/h8-10H,6-7,11H2,1-5H3. The van der Waals surface area contributed by atoms with E-state index in [-0.39, 0.29) is 30.6 Å². The lowest BCUT2D eigenvalue weighted by atomic mass is 10.1. The first-order valence-corrected chi connectivity index (χ1v) is 8.52. The number of carbonyl (C=O) groups excluding carboxylic acids is 3. The Kier molecular flexibility index (Phi) is 6.02. The molecular weight excluding hydrogens is 336 g/mol. The van der Waals surface area contributed by atoms with Gasteiger partial charge in [0.15, 0.2) is 11.5 Å². The molecule has 0 N–H and O–H groups in total. The predicted octanol–water partition coefficient (Wildman–Crippen LogP) is 2.85. The summed E-state index contributed by atoms with van der Waals surface area (Å²) in [5, 5.41) is 0. The molecule has 0 unspecified atom stereocenters. The molecule has 0 aromatic carbocycles. The molecule has 2 aromatic heterocycles. The highest BCUT2D eigenvalue weighted by atomic mass is 16.5. The van der Waals surface area contributed by atoms with Crippen molar-refractivity contribution in [3.8, 4) is 0 Å². The van der Waals surface area contributed by atoms with Crippen LogP contribution in [0.5, 0.6) is 0 Å². The predicted molar refractivity (Wildman–Crippen MR) is 95.5 cm³/mol. The zero-order chi connectivity index (χ0) is 19.4. The van der Waals surface area contributed by atoms with E-state index in [4.69, 9.17) is 9.15 Å². The quantitative estimate of drug-likeness (QED) is 0.560. The molecule has 2 rings (SSSR count). The minimum atomic E-state index is -0.450. The van der Waals surface area contributed by atoms with Crippen LogP contribution < -0.4 is 0 Å². The van der Waals surface area contributed by atoms with E-state index in [1.54, 1.807) is 37.5 Å². The van der Waals surface area contributed by atoms with Crippen molar-refractivity contribution in [1.82, 2.24) is 9.47 Å². The summed E-state index contributed by atoms with van der Waals surface area (Å²) < 4.78 is 12.0. The molecule has 0 spiro atoms. The second-order valence-electron chi connectivity index (χ2n) is 5.96. The molecule has 1 amide bonds. The minimum absolute atomic E-state index is 0.114. The van der Waals surface area contributed by atoms with Crippen molar-refractivity contribution in [3.05, 3.63) is 46.7 Å². The molecule has 7 nitrogen and oxygen atoms in total. The van der Waals surface area contributed by atoms with Gasteiger partial charge in [-0.3, -0.25) is 9.59 Å². The van der Waals surface area contributed by atoms with Gasteiger partial charge in [-0.15, -0.1) is 0 Å². The number of nitrogens with zero attached hydrogens (tertiary/aromatic N) is 2. The van der Waals surface area contributed by atoms with Gasteiger partial charge in [0, 0.05) is 24.8 Å². The first kappa shape index (κ1) is 19.5. The summed E-state index contributed by atoms with van der Waals surface area (Å²) in [7, 11) is 1.54. The Morgan fingerprint density at radius 2 is 1.92 bits per heavy atom. The number of ether oxygens (including phenoxy) is 1. The van der Waals surface area contributed by atoms with E-state index in [9.17, 15) is 14.4 Å². The SMILES string of the molecule is CCOC(=O)c1c(C)c(C(=O)CN(C)C(=O)c2ccco2)c(C)n1CC. The summed E-state index contributed by atoms with van der Waals surface area (Å²) in [6, 6.07) is 3.16. The molecule has 0 aliphatic carbocycles. The van der Waals surface area contributed by atoms with Crippen molar-refractivity contribution in [2.75, 3.05) is 20.2 Å². The van der Waals surface area contributed by atoms with Gasteiger partial charge in [-0.05, 0) is 45.4 Å². The zero-order valence-corrected chi connectivity index (χ0v) is 15.8. The maximum Gasteiger partial charge on any atom is 0.355 e. The molecule has 26 heavy (non-hydrogen) atoms. The maximum absolute atomic E-state index is 12.8. The van der Waals surface area contributed by atoms with Crippen LogP contribution in [-0.4, -0.2) is 47.3 Å². The van der Waals surface area contributed by atoms with E-state index >= 15 is 0 Å². The van der Waals surface area contributed by atoms with Gasteiger partial charge in [-0.2, -0.15) is 0 Å². The van der Waals surface area contributed by atoms with E-state index in [1.165, 1.54) is 18.2 Å². The highest BCUT2D eigenvalue weighted by Gasteiger charge is 2.28. The number of Topliss-reactive ketones (excluding diaryl/α,β-unsaturated/α-hetero) is 1. The summed E-state index contributed by atoms with van der Waals surface area (Å²) in [4.78, 5) is 38.7. The van der Waals surface area contributed by atoms with Crippen molar-refractivity contribution < 1.29 is 23.5 Å². The summed E-state index contributed by atoms with van der Waals surface area (Å²) in [5.74, 6) is -0.888. The number of aromatic nitrogens is 1. The topological polar surface area (TPSA) is 81.8 Å². The molecule has 2 aromatic rings. The molecule has 0 fully saturated rings. The Hall–Kier alpha value is -2.83. The van der Waals surface area contributed by atoms with Gasteiger partial charge in [0.1, 0.15) is 5.69 Å². The van der Waals surface area contributed by atoms with E-state index in [2.05, 4.69) is 0 Å². The van der Waals surface area contributed by atoms with Crippen LogP contribution in [0.15, 0.2) is 22.8 Å². The number of hydrogen-bond donors (Lipinski definition) is 0. The van der Waals surface area contributed by atoms with Crippen LogP contribution in [0.4, 0.5) is 0 Å². The van der Waals surface area contributed by atoms with Gasteiger partial charge in [0.2, 0.25) is 0 Å². The van der Waals surface area contributed by atoms with Gasteiger partial charge >= 0.3 is 5.97 Å². The van der Waals surface area contributed by atoms with Gasteiger partial charge in [0.25, 0.3) is 5.91 Å². The van der Waals surface area contributed by atoms with Gasteiger partial charge in [0.05, 0.1) is 19.4 Å². The molecule has 140 valence electrons. The fourth-order valence-electron chi connectivity index (χ4n) is 3.12. The first-order chi connectivity index (χ1) is 12.3. The van der Waals surface area contributed by atoms with Gasteiger partial charge in [-0.1, -0.05) is 0 Å². The summed E-state index contributed by atoms with van der Waals surface area (Å²) in [6.45, 7) is 7.84. The number of hydrogen-bond acceptors (Lipinski definition) is 5. The number of amides is 1. The van der Waals surface area contributed by atoms with Gasteiger partial charge in [-0.25, -0.2) is 4.79 Å². The normalized spacial score (nSPS) is 10.7. The van der Waals surface area contributed by atoms with Gasteiger partial charge < -0.3 is 18.6 Å².